The standard InChI is InChI=1S/C13H20F3N3OS/c1-3-9(4-2)19(8-13(14,15)16)12(20)10-7-21-11(18-10)5-6-17/h7,9H,3-6,8,17H2,1-2H3. The molecule has 4 nitrogen and oxygen atoms in total. The Bertz CT molecular complexity index is 458. The van der Waals surface area contributed by atoms with Gasteiger partial charge in [0.1, 0.15) is 12.2 Å². The summed E-state index contributed by atoms with van der Waals surface area (Å²) >= 11 is 1.24. The minimum atomic E-state index is -4.42. The van der Waals surface area contributed by atoms with E-state index in [2.05, 4.69) is 4.98 Å². The highest BCUT2D eigenvalue weighted by Crippen LogP contribution is 2.23. The van der Waals surface area contributed by atoms with Crippen molar-refractivity contribution in [3.63, 3.8) is 0 Å². The van der Waals surface area contributed by atoms with Crippen molar-refractivity contribution >= 4 is 17.2 Å². The van der Waals surface area contributed by atoms with Gasteiger partial charge in [-0.25, -0.2) is 4.98 Å². The highest BCUT2D eigenvalue weighted by molar-refractivity contribution is 7.09. The van der Waals surface area contributed by atoms with E-state index in [9.17, 15) is 18.0 Å². The maximum atomic E-state index is 12.7. The van der Waals surface area contributed by atoms with Crippen LogP contribution in [-0.4, -0.2) is 41.1 Å². The molecular formula is C13H20F3N3OS. The van der Waals surface area contributed by atoms with E-state index in [1.54, 1.807) is 13.8 Å². The Morgan fingerprint density at radius 2 is 2.05 bits per heavy atom. The van der Waals surface area contributed by atoms with Gasteiger partial charge in [-0.15, -0.1) is 11.3 Å². The molecular weight excluding hydrogens is 303 g/mol. The molecule has 0 fully saturated rings. The maximum Gasteiger partial charge on any atom is 0.406 e. The summed E-state index contributed by atoms with van der Waals surface area (Å²) in [6.07, 6.45) is -2.97. The van der Waals surface area contributed by atoms with Gasteiger partial charge in [0, 0.05) is 17.8 Å². The molecule has 2 N–H and O–H groups in total. The predicted octanol–water partition coefficient (Wildman–Crippen LogP) is 2.84. The lowest BCUT2D eigenvalue weighted by molar-refractivity contribution is -0.145. The molecule has 0 radical (unpaired) electrons. The molecule has 1 heterocycles. The zero-order valence-corrected chi connectivity index (χ0v) is 12.9. The van der Waals surface area contributed by atoms with Crippen molar-refractivity contribution in [2.75, 3.05) is 13.1 Å². The number of hydrogen-bond acceptors (Lipinski definition) is 4. The molecule has 8 heteroatoms. The van der Waals surface area contributed by atoms with Crippen LogP contribution >= 0.6 is 11.3 Å². The number of carbonyl (C=O) groups excluding carboxylic acids is 1. The van der Waals surface area contributed by atoms with Gasteiger partial charge in [0.2, 0.25) is 0 Å². The van der Waals surface area contributed by atoms with Crippen molar-refractivity contribution in [2.24, 2.45) is 5.73 Å². The number of alkyl halides is 3. The fraction of sp³-hybridized carbons (Fsp3) is 0.692. The first-order valence-electron chi connectivity index (χ1n) is 6.84. The predicted molar refractivity (Wildman–Crippen MR) is 76.3 cm³/mol. The summed E-state index contributed by atoms with van der Waals surface area (Å²) in [5, 5.41) is 2.16. The van der Waals surface area contributed by atoms with Crippen molar-refractivity contribution in [3.8, 4) is 0 Å². The first-order chi connectivity index (χ1) is 9.82. The lowest BCUT2D eigenvalue weighted by atomic mass is 10.1. The van der Waals surface area contributed by atoms with Crippen LogP contribution in [0.5, 0.6) is 0 Å². The monoisotopic (exact) mass is 323 g/mol. The number of hydrogen-bond donors (Lipinski definition) is 1. The van der Waals surface area contributed by atoms with E-state index in [4.69, 9.17) is 5.73 Å². The number of nitrogens with two attached hydrogens (primary N) is 1. The number of carbonyl (C=O) groups is 1. The van der Waals surface area contributed by atoms with Crippen LogP contribution in [0.4, 0.5) is 13.2 Å². The summed E-state index contributed by atoms with van der Waals surface area (Å²) < 4.78 is 38.1. The molecule has 0 unspecified atom stereocenters. The van der Waals surface area contributed by atoms with E-state index in [-0.39, 0.29) is 5.69 Å². The molecule has 0 spiro atoms. The maximum absolute atomic E-state index is 12.7. The second kappa shape index (κ2) is 7.74. The van der Waals surface area contributed by atoms with Gasteiger partial charge in [-0.3, -0.25) is 4.79 Å². The third-order valence-electron chi connectivity index (χ3n) is 3.12. The summed E-state index contributed by atoms with van der Waals surface area (Å²) in [5.41, 5.74) is 5.47. The Labute approximate surface area is 126 Å². The second-order valence-corrected chi connectivity index (χ2v) is 5.63. The van der Waals surface area contributed by atoms with Crippen molar-refractivity contribution in [1.82, 2.24) is 9.88 Å². The average molecular weight is 323 g/mol. The SMILES string of the molecule is CCC(CC)N(CC(F)(F)F)C(=O)c1csc(CCN)n1. The molecule has 0 saturated carbocycles. The Hall–Kier alpha value is -1.15. The zero-order valence-electron chi connectivity index (χ0n) is 12.1. The largest absolute Gasteiger partial charge is 0.406 e. The number of rotatable bonds is 7. The summed E-state index contributed by atoms with van der Waals surface area (Å²) in [7, 11) is 0. The second-order valence-electron chi connectivity index (χ2n) is 4.68. The van der Waals surface area contributed by atoms with Gasteiger partial charge in [0.25, 0.3) is 5.91 Å². The van der Waals surface area contributed by atoms with Crippen molar-refractivity contribution in [1.29, 1.82) is 0 Å². The Morgan fingerprint density at radius 3 is 2.52 bits per heavy atom. The number of aromatic nitrogens is 1. The molecule has 0 saturated heterocycles. The van der Waals surface area contributed by atoms with Crippen LogP contribution in [0.25, 0.3) is 0 Å². The zero-order chi connectivity index (χ0) is 16.0. The van der Waals surface area contributed by atoms with Crippen molar-refractivity contribution in [3.05, 3.63) is 16.1 Å². The van der Waals surface area contributed by atoms with Gasteiger partial charge >= 0.3 is 6.18 Å². The van der Waals surface area contributed by atoms with E-state index in [0.717, 1.165) is 4.90 Å². The molecule has 0 atom stereocenters. The van der Waals surface area contributed by atoms with Gasteiger partial charge < -0.3 is 10.6 Å². The lowest BCUT2D eigenvalue weighted by Crippen LogP contribution is -2.45. The first kappa shape index (κ1) is 17.9. The number of halogens is 3. The highest BCUT2D eigenvalue weighted by atomic mass is 32.1. The van der Waals surface area contributed by atoms with Gasteiger partial charge in [0.15, 0.2) is 0 Å². The number of amides is 1. The summed E-state index contributed by atoms with van der Waals surface area (Å²) in [5.74, 6) is -0.666. The van der Waals surface area contributed by atoms with E-state index >= 15 is 0 Å². The summed E-state index contributed by atoms with van der Waals surface area (Å²) in [6.45, 7) is 2.68. The van der Waals surface area contributed by atoms with E-state index in [0.29, 0.717) is 30.8 Å². The van der Waals surface area contributed by atoms with Crippen LogP contribution in [-0.2, 0) is 6.42 Å². The van der Waals surface area contributed by atoms with Gasteiger partial charge in [0.05, 0.1) is 5.01 Å². The van der Waals surface area contributed by atoms with Crippen LogP contribution in [0.2, 0.25) is 0 Å². The Balaban J connectivity index is 2.97. The molecule has 1 aromatic heterocycles. The molecule has 1 rings (SSSR count). The van der Waals surface area contributed by atoms with Crippen LogP contribution in [0.15, 0.2) is 5.38 Å². The fourth-order valence-electron chi connectivity index (χ4n) is 2.08. The average Bonchev–Trinajstić information content (AvgIpc) is 2.86. The highest BCUT2D eigenvalue weighted by Gasteiger charge is 2.36. The number of nitrogens with zero attached hydrogens (tertiary/aromatic N) is 2. The van der Waals surface area contributed by atoms with Crippen molar-refractivity contribution < 1.29 is 18.0 Å². The van der Waals surface area contributed by atoms with Crippen LogP contribution in [0.3, 0.4) is 0 Å². The molecule has 0 aliphatic rings. The quantitative estimate of drug-likeness (QED) is 0.839. The topological polar surface area (TPSA) is 59.2 Å². The molecule has 1 amide bonds. The molecule has 21 heavy (non-hydrogen) atoms. The molecule has 0 aliphatic carbocycles. The van der Waals surface area contributed by atoms with Gasteiger partial charge in [-0.05, 0) is 19.4 Å². The molecule has 0 aliphatic heterocycles. The van der Waals surface area contributed by atoms with Gasteiger partial charge in [-0.1, -0.05) is 13.8 Å². The Kier molecular flexibility index (Phi) is 6.60. The van der Waals surface area contributed by atoms with E-state index in [1.807, 2.05) is 0 Å². The van der Waals surface area contributed by atoms with Crippen LogP contribution < -0.4 is 5.73 Å². The summed E-state index contributed by atoms with van der Waals surface area (Å²) in [4.78, 5) is 17.3. The van der Waals surface area contributed by atoms with Crippen molar-refractivity contribution in [2.45, 2.75) is 45.3 Å². The third kappa shape index (κ3) is 5.28. The van der Waals surface area contributed by atoms with Gasteiger partial charge in [-0.2, -0.15) is 13.2 Å². The van der Waals surface area contributed by atoms with Crippen LogP contribution in [0.1, 0.15) is 42.2 Å². The normalized spacial score (nSPS) is 12.0. The van der Waals surface area contributed by atoms with E-state index in [1.165, 1.54) is 16.7 Å². The minimum Gasteiger partial charge on any atom is -0.330 e. The Morgan fingerprint density at radius 1 is 1.43 bits per heavy atom. The first-order valence-corrected chi connectivity index (χ1v) is 7.72. The van der Waals surface area contributed by atoms with Crippen LogP contribution in [0, 0.1) is 0 Å². The molecule has 120 valence electrons. The fourth-order valence-corrected chi connectivity index (χ4v) is 2.87. The number of thiazole rings is 1. The molecule has 1 aromatic rings. The minimum absolute atomic E-state index is 0.0691. The third-order valence-corrected chi connectivity index (χ3v) is 4.03. The molecule has 0 aromatic carbocycles. The summed E-state index contributed by atoms with van der Waals surface area (Å²) in [6, 6.07) is -0.446. The van der Waals surface area contributed by atoms with E-state index < -0.39 is 24.7 Å². The molecule has 0 bridgehead atoms. The smallest absolute Gasteiger partial charge is 0.330 e. The lowest BCUT2D eigenvalue weighted by Gasteiger charge is -2.30.